The van der Waals surface area contributed by atoms with Gasteiger partial charge in [-0.15, -0.1) is 0 Å². The van der Waals surface area contributed by atoms with Crippen molar-refractivity contribution in [2.24, 2.45) is 5.92 Å². The Balaban J connectivity index is 2.73. The van der Waals surface area contributed by atoms with E-state index in [4.69, 9.17) is 14.3 Å². The SMILES string of the molecule is CCOCCCN(CC(C)C(=O)O)C(=O)c1ocnc1C. The number of aromatic nitrogens is 1. The number of carbonyl (C=O) groups excluding carboxylic acids is 1. The van der Waals surface area contributed by atoms with Crippen molar-refractivity contribution in [1.29, 1.82) is 0 Å². The van der Waals surface area contributed by atoms with E-state index in [1.807, 2.05) is 6.92 Å². The van der Waals surface area contributed by atoms with Crippen molar-refractivity contribution in [3.63, 3.8) is 0 Å². The molecule has 0 bridgehead atoms. The highest BCUT2D eigenvalue weighted by Gasteiger charge is 2.25. The molecule has 1 unspecified atom stereocenters. The minimum absolute atomic E-state index is 0.125. The Morgan fingerprint density at radius 2 is 2.24 bits per heavy atom. The van der Waals surface area contributed by atoms with Crippen molar-refractivity contribution < 1.29 is 23.8 Å². The molecule has 0 aliphatic heterocycles. The topological polar surface area (TPSA) is 92.9 Å². The minimum Gasteiger partial charge on any atom is -0.481 e. The predicted octanol–water partition coefficient (Wildman–Crippen LogP) is 1.57. The Morgan fingerprint density at radius 1 is 1.52 bits per heavy atom. The third kappa shape index (κ3) is 5.18. The van der Waals surface area contributed by atoms with Crippen molar-refractivity contribution in [1.82, 2.24) is 9.88 Å². The fourth-order valence-electron chi connectivity index (χ4n) is 1.84. The van der Waals surface area contributed by atoms with E-state index in [1.54, 1.807) is 13.8 Å². The van der Waals surface area contributed by atoms with Crippen LogP contribution in [0.1, 0.15) is 36.5 Å². The zero-order valence-electron chi connectivity index (χ0n) is 12.7. The van der Waals surface area contributed by atoms with Crippen LogP contribution in [0.4, 0.5) is 0 Å². The van der Waals surface area contributed by atoms with Gasteiger partial charge < -0.3 is 19.2 Å². The third-order valence-corrected chi connectivity index (χ3v) is 3.06. The van der Waals surface area contributed by atoms with E-state index >= 15 is 0 Å². The maximum atomic E-state index is 12.4. The van der Waals surface area contributed by atoms with Crippen LogP contribution in [0.3, 0.4) is 0 Å². The van der Waals surface area contributed by atoms with Crippen molar-refractivity contribution >= 4 is 11.9 Å². The lowest BCUT2D eigenvalue weighted by Crippen LogP contribution is -2.38. The normalized spacial score (nSPS) is 12.1. The average molecular weight is 298 g/mol. The summed E-state index contributed by atoms with van der Waals surface area (Å²) in [5.41, 5.74) is 0.498. The van der Waals surface area contributed by atoms with E-state index in [0.717, 1.165) is 0 Å². The Hall–Kier alpha value is -1.89. The summed E-state index contributed by atoms with van der Waals surface area (Å²) in [6, 6.07) is 0. The largest absolute Gasteiger partial charge is 0.481 e. The fraction of sp³-hybridized carbons (Fsp3) is 0.643. The lowest BCUT2D eigenvalue weighted by atomic mass is 10.1. The molecule has 1 amide bonds. The molecule has 0 saturated carbocycles. The highest BCUT2D eigenvalue weighted by Crippen LogP contribution is 2.12. The number of ether oxygens (including phenoxy) is 1. The van der Waals surface area contributed by atoms with Crippen LogP contribution >= 0.6 is 0 Å². The molecule has 1 atom stereocenters. The van der Waals surface area contributed by atoms with Gasteiger partial charge in [0.25, 0.3) is 5.91 Å². The first-order valence-corrected chi connectivity index (χ1v) is 6.97. The molecular weight excluding hydrogens is 276 g/mol. The first kappa shape index (κ1) is 17.2. The summed E-state index contributed by atoms with van der Waals surface area (Å²) in [4.78, 5) is 28.8. The van der Waals surface area contributed by atoms with Gasteiger partial charge in [-0.05, 0) is 20.3 Å². The zero-order valence-corrected chi connectivity index (χ0v) is 12.7. The van der Waals surface area contributed by atoms with Crippen molar-refractivity contribution in [3.05, 3.63) is 17.8 Å². The molecule has 0 aromatic carbocycles. The zero-order chi connectivity index (χ0) is 15.8. The first-order valence-electron chi connectivity index (χ1n) is 6.97. The van der Waals surface area contributed by atoms with Crippen LogP contribution < -0.4 is 0 Å². The Labute approximate surface area is 123 Å². The van der Waals surface area contributed by atoms with Gasteiger partial charge in [0.05, 0.1) is 11.6 Å². The fourth-order valence-corrected chi connectivity index (χ4v) is 1.84. The summed E-state index contributed by atoms with van der Waals surface area (Å²) in [6.45, 7) is 6.82. The molecule has 0 aliphatic carbocycles. The van der Waals surface area contributed by atoms with E-state index in [9.17, 15) is 9.59 Å². The van der Waals surface area contributed by atoms with Crippen LogP contribution in [0.15, 0.2) is 10.8 Å². The summed E-state index contributed by atoms with van der Waals surface area (Å²) < 4.78 is 10.3. The number of rotatable bonds is 9. The maximum Gasteiger partial charge on any atom is 0.308 e. The Kier molecular flexibility index (Phi) is 6.87. The maximum absolute atomic E-state index is 12.4. The van der Waals surface area contributed by atoms with Crippen LogP contribution in [-0.4, -0.2) is 53.2 Å². The lowest BCUT2D eigenvalue weighted by molar-refractivity contribution is -0.141. The molecule has 0 aliphatic rings. The molecule has 1 rings (SSSR count). The van der Waals surface area contributed by atoms with Crippen LogP contribution in [0.5, 0.6) is 0 Å². The van der Waals surface area contributed by atoms with E-state index in [-0.39, 0.29) is 18.2 Å². The Bertz CT molecular complexity index is 472. The quantitative estimate of drug-likeness (QED) is 0.696. The smallest absolute Gasteiger partial charge is 0.308 e. The number of aryl methyl sites for hydroxylation is 1. The van der Waals surface area contributed by atoms with Gasteiger partial charge in [0.2, 0.25) is 5.76 Å². The summed E-state index contributed by atoms with van der Waals surface area (Å²) >= 11 is 0. The van der Waals surface area contributed by atoms with Gasteiger partial charge in [-0.3, -0.25) is 9.59 Å². The van der Waals surface area contributed by atoms with Gasteiger partial charge in [0.15, 0.2) is 6.39 Å². The summed E-state index contributed by atoms with van der Waals surface area (Å²) in [5, 5.41) is 9.01. The first-order chi connectivity index (χ1) is 9.97. The van der Waals surface area contributed by atoms with Crippen LogP contribution in [0.25, 0.3) is 0 Å². The molecule has 0 spiro atoms. The van der Waals surface area contributed by atoms with Crippen molar-refractivity contribution in [2.75, 3.05) is 26.3 Å². The second kappa shape index (κ2) is 8.41. The lowest BCUT2D eigenvalue weighted by Gasteiger charge is -2.23. The molecule has 118 valence electrons. The molecule has 1 aromatic rings. The van der Waals surface area contributed by atoms with Crippen molar-refractivity contribution in [2.45, 2.75) is 27.2 Å². The number of amides is 1. The Morgan fingerprint density at radius 3 is 2.76 bits per heavy atom. The number of carboxylic acid groups (broad SMARTS) is 1. The molecule has 1 heterocycles. The second-order valence-electron chi connectivity index (χ2n) is 4.81. The summed E-state index contributed by atoms with van der Waals surface area (Å²) in [6.07, 6.45) is 1.85. The van der Waals surface area contributed by atoms with Crippen LogP contribution in [-0.2, 0) is 9.53 Å². The monoisotopic (exact) mass is 298 g/mol. The highest BCUT2D eigenvalue weighted by molar-refractivity contribution is 5.92. The molecule has 7 heteroatoms. The molecule has 1 N–H and O–H groups in total. The molecule has 21 heavy (non-hydrogen) atoms. The standard InChI is InChI=1S/C14H22N2O5/c1-4-20-7-5-6-16(8-10(2)14(18)19)13(17)12-11(3)15-9-21-12/h9-10H,4-8H2,1-3H3,(H,18,19). The number of oxazole rings is 1. The molecule has 0 radical (unpaired) electrons. The summed E-state index contributed by atoms with van der Waals surface area (Å²) in [5.74, 6) is -1.77. The average Bonchev–Trinajstić information content (AvgIpc) is 2.87. The highest BCUT2D eigenvalue weighted by atomic mass is 16.5. The van der Waals surface area contributed by atoms with Gasteiger partial charge in [-0.25, -0.2) is 4.98 Å². The molecule has 7 nitrogen and oxygen atoms in total. The number of hydrogen-bond acceptors (Lipinski definition) is 5. The minimum atomic E-state index is -0.938. The van der Waals surface area contributed by atoms with Gasteiger partial charge in [-0.2, -0.15) is 0 Å². The summed E-state index contributed by atoms with van der Waals surface area (Å²) in [7, 11) is 0. The number of aliphatic carboxylic acids is 1. The number of carboxylic acids is 1. The van der Waals surface area contributed by atoms with Gasteiger partial charge in [-0.1, -0.05) is 6.92 Å². The van der Waals surface area contributed by atoms with Gasteiger partial charge in [0.1, 0.15) is 0 Å². The number of hydrogen-bond donors (Lipinski definition) is 1. The van der Waals surface area contributed by atoms with E-state index in [1.165, 1.54) is 11.3 Å². The van der Waals surface area contributed by atoms with Crippen molar-refractivity contribution in [3.8, 4) is 0 Å². The second-order valence-corrected chi connectivity index (χ2v) is 4.81. The molecule has 0 fully saturated rings. The number of nitrogens with zero attached hydrogens (tertiary/aromatic N) is 2. The number of carbonyl (C=O) groups is 2. The third-order valence-electron chi connectivity index (χ3n) is 3.06. The van der Waals surface area contributed by atoms with Crippen LogP contribution in [0, 0.1) is 12.8 Å². The van der Waals surface area contributed by atoms with E-state index in [0.29, 0.717) is 31.9 Å². The molecule has 1 aromatic heterocycles. The van der Waals surface area contributed by atoms with Gasteiger partial charge >= 0.3 is 5.97 Å². The van der Waals surface area contributed by atoms with Crippen LogP contribution in [0.2, 0.25) is 0 Å². The predicted molar refractivity (Wildman–Crippen MR) is 75.1 cm³/mol. The van der Waals surface area contributed by atoms with E-state index in [2.05, 4.69) is 4.98 Å². The molecular formula is C14H22N2O5. The molecule has 0 saturated heterocycles. The van der Waals surface area contributed by atoms with E-state index < -0.39 is 11.9 Å². The van der Waals surface area contributed by atoms with Gasteiger partial charge in [0, 0.05) is 26.3 Å².